The SMILES string of the molecule is CC(=O)C(C(C)=O)C(CC(=O)c1ccc(Cl)c(Cl)c1)C(=O)O. The summed E-state index contributed by atoms with van der Waals surface area (Å²) < 4.78 is 0. The van der Waals surface area contributed by atoms with Crippen LogP contribution in [0, 0.1) is 11.8 Å². The molecule has 0 spiro atoms. The van der Waals surface area contributed by atoms with Crippen molar-refractivity contribution >= 4 is 46.5 Å². The van der Waals surface area contributed by atoms with Gasteiger partial charge in [-0.1, -0.05) is 23.2 Å². The summed E-state index contributed by atoms with van der Waals surface area (Å²) >= 11 is 11.6. The van der Waals surface area contributed by atoms with Crippen LogP contribution >= 0.6 is 23.2 Å². The number of carbonyl (C=O) groups excluding carboxylic acids is 3. The third-order valence-electron chi connectivity index (χ3n) is 3.24. The van der Waals surface area contributed by atoms with Gasteiger partial charge in [-0.05, 0) is 32.0 Å². The largest absolute Gasteiger partial charge is 0.481 e. The molecule has 22 heavy (non-hydrogen) atoms. The zero-order valence-electron chi connectivity index (χ0n) is 11.9. The lowest BCUT2D eigenvalue weighted by atomic mass is 9.82. The van der Waals surface area contributed by atoms with E-state index < -0.39 is 41.6 Å². The van der Waals surface area contributed by atoms with Gasteiger partial charge in [-0.15, -0.1) is 0 Å². The standard InChI is InChI=1S/C15H14Cl2O5/c1-7(18)14(8(2)19)10(15(21)22)6-13(20)9-3-4-11(16)12(17)5-9/h3-5,10,14H,6H2,1-2H3,(H,21,22). The number of carbonyl (C=O) groups is 4. The number of carboxylic acids is 1. The van der Waals surface area contributed by atoms with E-state index in [1.54, 1.807) is 0 Å². The summed E-state index contributed by atoms with van der Waals surface area (Å²) in [5, 5.41) is 9.66. The van der Waals surface area contributed by atoms with Crippen LogP contribution in [0.2, 0.25) is 10.0 Å². The van der Waals surface area contributed by atoms with Gasteiger partial charge in [-0.3, -0.25) is 19.2 Å². The third kappa shape index (κ3) is 4.39. The van der Waals surface area contributed by atoms with Crippen molar-refractivity contribution in [2.24, 2.45) is 11.8 Å². The molecule has 1 N–H and O–H groups in total. The van der Waals surface area contributed by atoms with Gasteiger partial charge < -0.3 is 5.11 Å². The molecule has 0 aliphatic carbocycles. The minimum Gasteiger partial charge on any atom is -0.481 e. The minimum atomic E-state index is -1.41. The van der Waals surface area contributed by atoms with Crippen LogP contribution in [0.4, 0.5) is 0 Å². The molecule has 0 saturated heterocycles. The van der Waals surface area contributed by atoms with E-state index in [1.165, 1.54) is 18.2 Å². The van der Waals surface area contributed by atoms with E-state index in [4.69, 9.17) is 23.2 Å². The van der Waals surface area contributed by atoms with Gasteiger partial charge >= 0.3 is 5.97 Å². The second-order valence-corrected chi connectivity index (χ2v) is 5.71. The Bertz CT molecular complexity index is 625. The topological polar surface area (TPSA) is 88.5 Å². The second kappa shape index (κ2) is 7.51. The van der Waals surface area contributed by atoms with Gasteiger partial charge in [0, 0.05) is 12.0 Å². The monoisotopic (exact) mass is 344 g/mol. The third-order valence-corrected chi connectivity index (χ3v) is 3.98. The maximum absolute atomic E-state index is 12.2. The van der Waals surface area contributed by atoms with Crippen LogP contribution in [0.15, 0.2) is 18.2 Å². The smallest absolute Gasteiger partial charge is 0.308 e. The van der Waals surface area contributed by atoms with Gasteiger partial charge in [0.2, 0.25) is 0 Å². The molecule has 1 aromatic carbocycles. The molecule has 1 aromatic rings. The van der Waals surface area contributed by atoms with Crippen LogP contribution in [0.1, 0.15) is 30.6 Å². The molecule has 0 radical (unpaired) electrons. The van der Waals surface area contributed by atoms with E-state index in [-0.39, 0.29) is 15.6 Å². The summed E-state index contributed by atoms with van der Waals surface area (Å²) in [6.45, 7) is 2.26. The van der Waals surface area contributed by atoms with Gasteiger partial charge in [-0.25, -0.2) is 0 Å². The average molecular weight is 345 g/mol. The number of halogens is 2. The first-order valence-electron chi connectivity index (χ1n) is 6.37. The number of ketones is 3. The molecule has 0 bridgehead atoms. The molecular formula is C15H14Cl2O5. The molecule has 0 aromatic heterocycles. The van der Waals surface area contributed by atoms with Gasteiger partial charge in [0.05, 0.1) is 21.9 Å². The van der Waals surface area contributed by atoms with Gasteiger partial charge in [0.1, 0.15) is 11.6 Å². The number of benzene rings is 1. The van der Waals surface area contributed by atoms with Crippen LogP contribution in [-0.4, -0.2) is 28.4 Å². The summed E-state index contributed by atoms with van der Waals surface area (Å²) in [7, 11) is 0. The molecule has 0 fully saturated rings. The van der Waals surface area contributed by atoms with Gasteiger partial charge in [0.15, 0.2) is 5.78 Å². The number of carboxylic acid groups (broad SMARTS) is 1. The van der Waals surface area contributed by atoms with E-state index in [9.17, 15) is 24.3 Å². The first kappa shape index (κ1) is 18.3. The van der Waals surface area contributed by atoms with Gasteiger partial charge in [-0.2, -0.15) is 0 Å². The highest BCUT2D eigenvalue weighted by Crippen LogP contribution is 2.26. The van der Waals surface area contributed by atoms with E-state index in [0.29, 0.717) is 0 Å². The first-order valence-corrected chi connectivity index (χ1v) is 7.12. The zero-order valence-corrected chi connectivity index (χ0v) is 13.4. The van der Waals surface area contributed by atoms with Crippen molar-refractivity contribution in [2.45, 2.75) is 20.3 Å². The molecule has 0 aliphatic heterocycles. The van der Waals surface area contributed by atoms with Crippen LogP contribution in [0.5, 0.6) is 0 Å². The summed E-state index contributed by atoms with van der Waals surface area (Å²) in [6.07, 6.45) is -0.475. The van der Waals surface area contributed by atoms with Crippen molar-refractivity contribution in [1.29, 1.82) is 0 Å². The molecule has 118 valence electrons. The Kier molecular flexibility index (Phi) is 6.26. The number of aliphatic carboxylic acids is 1. The molecular weight excluding hydrogens is 331 g/mol. The van der Waals surface area contributed by atoms with Crippen molar-refractivity contribution in [3.8, 4) is 0 Å². The maximum atomic E-state index is 12.2. The number of hydrogen-bond acceptors (Lipinski definition) is 4. The second-order valence-electron chi connectivity index (χ2n) is 4.90. The lowest BCUT2D eigenvalue weighted by molar-refractivity contribution is -0.149. The van der Waals surface area contributed by atoms with Crippen molar-refractivity contribution in [2.75, 3.05) is 0 Å². The Labute approximate surface area is 137 Å². The Morgan fingerprint density at radius 3 is 2.00 bits per heavy atom. The van der Waals surface area contributed by atoms with E-state index >= 15 is 0 Å². The fourth-order valence-electron chi connectivity index (χ4n) is 2.19. The first-order chi connectivity index (χ1) is 10.1. The van der Waals surface area contributed by atoms with Crippen LogP contribution in [-0.2, 0) is 14.4 Å². The molecule has 0 aliphatic rings. The Morgan fingerprint density at radius 2 is 1.59 bits per heavy atom. The fourth-order valence-corrected chi connectivity index (χ4v) is 2.49. The van der Waals surface area contributed by atoms with Crippen molar-refractivity contribution in [3.05, 3.63) is 33.8 Å². The van der Waals surface area contributed by atoms with Crippen molar-refractivity contribution in [1.82, 2.24) is 0 Å². The lowest BCUT2D eigenvalue weighted by Crippen LogP contribution is -2.35. The predicted molar refractivity (Wildman–Crippen MR) is 81.4 cm³/mol. The Hall–Kier alpha value is -1.72. The number of rotatable bonds is 7. The van der Waals surface area contributed by atoms with Crippen molar-refractivity contribution in [3.63, 3.8) is 0 Å². The average Bonchev–Trinajstić information content (AvgIpc) is 2.39. The molecule has 0 heterocycles. The zero-order chi connectivity index (χ0) is 17.0. The van der Waals surface area contributed by atoms with E-state index in [2.05, 4.69) is 0 Å². The van der Waals surface area contributed by atoms with Crippen LogP contribution in [0.3, 0.4) is 0 Å². The quantitative estimate of drug-likeness (QED) is 0.606. The predicted octanol–water partition coefficient (Wildman–Crippen LogP) is 3.06. The van der Waals surface area contributed by atoms with Gasteiger partial charge in [0.25, 0.3) is 0 Å². The Morgan fingerprint density at radius 1 is 1.05 bits per heavy atom. The Balaban J connectivity index is 3.07. The summed E-state index contributed by atoms with van der Waals surface area (Å²) in [6, 6.07) is 4.15. The molecule has 7 heteroatoms. The van der Waals surface area contributed by atoms with Crippen LogP contribution in [0.25, 0.3) is 0 Å². The molecule has 1 unspecified atom stereocenters. The normalized spacial score (nSPS) is 12.0. The molecule has 5 nitrogen and oxygen atoms in total. The lowest BCUT2D eigenvalue weighted by Gasteiger charge is -2.18. The van der Waals surface area contributed by atoms with Crippen LogP contribution < -0.4 is 0 Å². The maximum Gasteiger partial charge on any atom is 0.308 e. The molecule has 1 rings (SSSR count). The number of hydrogen-bond donors (Lipinski definition) is 1. The summed E-state index contributed by atoms with van der Waals surface area (Å²) in [4.78, 5) is 46.5. The van der Waals surface area contributed by atoms with E-state index in [1.807, 2.05) is 0 Å². The summed E-state index contributed by atoms with van der Waals surface area (Å²) in [5.74, 6) is -5.81. The van der Waals surface area contributed by atoms with Crippen molar-refractivity contribution < 1.29 is 24.3 Å². The molecule has 1 atom stereocenters. The van der Waals surface area contributed by atoms with E-state index in [0.717, 1.165) is 13.8 Å². The highest BCUT2D eigenvalue weighted by molar-refractivity contribution is 6.42. The summed E-state index contributed by atoms with van der Waals surface area (Å²) in [5.41, 5.74) is 0.173. The fraction of sp³-hybridized carbons (Fsp3) is 0.333. The minimum absolute atomic E-state index is 0.161. The highest BCUT2D eigenvalue weighted by atomic mass is 35.5. The number of Topliss-reactive ketones (excluding diaryl/α,β-unsaturated/α-hetero) is 3. The molecule has 0 saturated carbocycles. The molecule has 0 amide bonds. The highest BCUT2D eigenvalue weighted by Gasteiger charge is 2.36.